The lowest BCUT2D eigenvalue weighted by Gasteiger charge is -2.28. The zero-order valence-electron chi connectivity index (χ0n) is 16.3. The lowest BCUT2D eigenvalue weighted by atomic mass is 10.2. The molecule has 1 heterocycles. The van der Waals surface area contributed by atoms with Gasteiger partial charge in [-0.2, -0.15) is 0 Å². The van der Waals surface area contributed by atoms with E-state index >= 15 is 0 Å². The maximum absolute atomic E-state index is 13.1. The van der Waals surface area contributed by atoms with Crippen LogP contribution in [-0.2, 0) is 27.4 Å². The number of methoxy groups -OCH3 is 1. The molecule has 152 valence electrons. The highest BCUT2D eigenvalue weighted by Gasteiger charge is 2.24. The summed E-state index contributed by atoms with van der Waals surface area (Å²) in [6, 6.07) is 13.3. The molecule has 1 atom stereocenters. The average molecular weight is 407 g/mol. The Morgan fingerprint density at radius 3 is 2.46 bits per heavy atom. The molecule has 28 heavy (non-hydrogen) atoms. The van der Waals surface area contributed by atoms with Crippen LogP contribution in [0.3, 0.4) is 0 Å². The third kappa shape index (κ3) is 7.02. The molecule has 2 rings (SSSR count). The van der Waals surface area contributed by atoms with Gasteiger partial charge in [0, 0.05) is 26.8 Å². The Hall–Kier alpha value is -2.31. The van der Waals surface area contributed by atoms with E-state index in [1.165, 1.54) is 4.90 Å². The van der Waals surface area contributed by atoms with Gasteiger partial charge in [-0.3, -0.25) is 9.59 Å². The lowest BCUT2D eigenvalue weighted by molar-refractivity contribution is -0.141. The predicted octanol–water partition coefficient (Wildman–Crippen LogP) is 3.30. The summed E-state index contributed by atoms with van der Waals surface area (Å²) in [6.45, 7) is 3.26. The summed E-state index contributed by atoms with van der Waals surface area (Å²) in [4.78, 5) is 28.7. The number of carbonyl (C=O) groups excluding carboxylic acids is 2. The van der Waals surface area contributed by atoms with Crippen molar-refractivity contribution in [3.05, 3.63) is 60.1 Å². The van der Waals surface area contributed by atoms with Crippen LogP contribution in [0.15, 0.2) is 53.1 Å². The van der Waals surface area contributed by atoms with E-state index in [2.05, 4.69) is 0 Å². The van der Waals surface area contributed by atoms with Gasteiger partial charge in [0.2, 0.25) is 11.8 Å². The van der Waals surface area contributed by atoms with E-state index in [-0.39, 0.29) is 18.4 Å². The molecule has 1 unspecified atom stereocenters. The molecule has 0 aliphatic carbocycles. The van der Waals surface area contributed by atoms with Crippen LogP contribution in [0.25, 0.3) is 0 Å². The van der Waals surface area contributed by atoms with Crippen molar-refractivity contribution in [1.29, 1.82) is 0 Å². The third-order valence-electron chi connectivity index (χ3n) is 4.25. The van der Waals surface area contributed by atoms with Gasteiger partial charge in [0.05, 0.1) is 19.4 Å². The fraction of sp³-hybridized carbons (Fsp3) is 0.429. The SMILES string of the molecule is COCCCN(CC(=O)N(Cc1ccccc1)Cc1ccco1)C(=O)C(C)Cl. The Morgan fingerprint density at radius 1 is 1.11 bits per heavy atom. The highest BCUT2D eigenvalue weighted by atomic mass is 35.5. The van der Waals surface area contributed by atoms with Crippen LogP contribution < -0.4 is 0 Å². The van der Waals surface area contributed by atoms with Crippen LogP contribution in [0.5, 0.6) is 0 Å². The van der Waals surface area contributed by atoms with Crippen LogP contribution in [0.1, 0.15) is 24.7 Å². The van der Waals surface area contributed by atoms with E-state index in [0.717, 1.165) is 5.56 Å². The molecular weight excluding hydrogens is 380 g/mol. The Balaban J connectivity index is 2.12. The number of hydrogen-bond donors (Lipinski definition) is 0. The Morgan fingerprint density at radius 2 is 1.86 bits per heavy atom. The highest BCUT2D eigenvalue weighted by molar-refractivity contribution is 6.30. The number of furan rings is 1. The number of nitrogens with zero attached hydrogens (tertiary/aromatic N) is 2. The predicted molar refractivity (Wildman–Crippen MR) is 108 cm³/mol. The first-order chi connectivity index (χ1) is 13.5. The summed E-state index contributed by atoms with van der Waals surface area (Å²) in [6.07, 6.45) is 2.21. The molecular formula is C21H27ClN2O4. The summed E-state index contributed by atoms with van der Waals surface area (Å²) in [5.41, 5.74) is 1.00. The average Bonchev–Trinajstić information content (AvgIpc) is 3.20. The second-order valence-corrected chi connectivity index (χ2v) is 7.19. The van der Waals surface area contributed by atoms with E-state index in [1.54, 1.807) is 31.3 Å². The molecule has 1 aromatic heterocycles. The minimum atomic E-state index is -0.692. The van der Waals surface area contributed by atoms with E-state index < -0.39 is 5.38 Å². The van der Waals surface area contributed by atoms with Crippen LogP contribution >= 0.6 is 11.6 Å². The van der Waals surface area contributed by atoms with Gasteiger partial charge in [-0.1, -0.05) is 30.3 Å². The third-order valence-corrected chi connectivity index (χ3v) is 4.44. The fourth-order valence-corrected chi connectivity index (χ4v) is 2.95. The van der Waals surface area contributed by atoms with Gasteiger partial charge >= 0.3 is 0 Å². The van der Waals surface area contributed by atoms with Crippen molar-refractivity contribution in [3.8, 4) is 0 Å². The Bertz CT molecular complexity index is 719. The first-order valence-electron chi connectivity index (χ1n) is 9.27. The fourth-order valence-electron chi connectivity index (χ4n) is 2.81. The summed E-state index contributed by atoms with van der Waals surface area (Å²) in [5, 5.41) is -0.692. The molecule has 0 aliphatic rings. The summed E-state index contributed by atoms with van der Waals surface area (Å²) >= 11 is 5.98. The number of benzene rings is 1. The van der Waals surface area contributed by atoms with Gasteiger partial charge in [-0.05, 0) is 31.0 Å². The number of ether oxygens (including phenoxy) is 1. The highest BCUT2D eigenvalue weighted by Crippen LogP contribution is 2.12. The van der Waals surface area contributed by atoms with Gasteiger partial charge in [0.25, 0.3) is 0 Å². The largest absolute Gasteiger partial charge is 0.467 e. The van der Waals surface area contributed by atoms with Crippen molar-refractivity contribution in [3.63, 3.8) is 0 Å². The van der Waals surface area contributed by atoms with Gasteiger partial charge < -0.3 is 19.0 Å². The molecule has 0 saturated carbocycles. The first kappa shape index (κ1) is 22.0. The van der Waals surface area contributed by atoms with Crippen molar-refractivity contribution in [1.82, 2.24) is 9.80 Å². The van der Waals surface area contributed by atoms with Crippen LogP contribution in [0.2, 0.25) is 0 Å². The smallest absolute Gasteiger partial charge is 0.242 e. The molecule has 6 nitrogen and oxygen atoms in total. The van der Waals surface area contributed by atoms with Crippen molar-refractivity contribution in [2.24, 2.45) is 0 Å². The topological polar surface area (TPSA) is 63.0 Å². The molecule has 0 fully saturated rings. The van der Waals surface area contributed by atoms with Crippen LogP contribution in [0, 0.1) is 0 Å². The van der Waals surface area contributed by atoms with Crippen molar-refractivity contribution in [2.45, 2.75) is 31.8 Å². The number of rotatable bonds is 11. The molecule has 0 bridgehead atoms. The number of alkyl halides is 1. The number of amides is 2. The molecule has 0 saturated heterocycles. The zero-order valence-corrected chi connectivity index (χ0v) is 17.1. The lowest BCUT2D eigenvalue weighted by Crippen LogP contribution is -2.45. The van der Waals surface area contributed by atoms with Crippen LogP contribution in [-0.4, -0.2) is 53.8 Å². The zero-order chi connectivity index (χ0) is 20.4. The molecule has 0 N–H and O–H groups in total. The standard InChI is InChI=1S/C21H27ClN2O4/c1-17(22)21(26)23(11-7-12-27-2)16-20(25)24(15-19-10-6-13-28-19)14-18-8-4-3-5-9-18/h3-6,8-10,13,17H,7,11-12,14-16H2,1-2H3. The Kier molecular flexibility index (Phi) is 9.04. The second-order valence-electron chi connectivity index (χ2n) is 6.54. The van der Waals surface area contributed by atoms with Crippen molar-refractivity contribution >= 4 is 23.4 Å². The molecule has 0 aliphatic heterocycles. The van der Waals surface area contributed by atoms with E-state index in [0.29, 0.717) is 38.4 Å². The normalized spacial score (nSPS) is 11.8. The van der Waals surface area contributed by atoms with Gasteiger partial charge in [0.15, 0.2) is 0 Å². The summed E-state index contributed by atoms with van der Waals surface area (Å²) in [5.74, 6) is 0.263. The molecule has 7 heteroatoms. The van der Waals surface area contributed by atoms with Crippen LogP contribution in [0.4, 0.5) is 0 Å². The number of halogens is 1. The van der Waals surface area contributed by atoms with Gasteiger partial charge in [0.1, 0.15) is 11.1 Å². The minimum Gasteiger partial charge on any atom is -0.467 e. The molecule has 0 spiro atoms. The quantitative estimate of drug-likeness (QED) is 0.424. The molecule has 2 amide bonds. The van der Waals surface area contributed by atoms with Crippen molar-refractivity contribution in [2.75, 3.05) is 26.8 Å². The number of carbonyl (C=O) groups is 2. The van der Waals surface area contributed by atoms with Gasteiger partial charge in [-0.25, -0.2) is 0 Å². The second kappa shape index (κ2) is 11.5. The molecule has 2 aromatic rings. The summed E-state index contributed by atoms with van der Waals surface area (Å²) in [7, 11) is 1.60. The van der Waals surface area contributed by atoms with E-state index in [9.17, 15) is 9.59 Å². The Labute approximate surface area is 171 Å². The first-order valence-corrected chi connectivity index (χ1v) is 9.70. The van der Waals surface area contributed by atoms with E-state index in [4.69, 9.17) is 20.8 Å². The maximum atomic E-state index is 13.1. The monoisotopic (exact) mass is 406 g/mol. The molecule has 0 radical (unpaired) electrons. The summed E-state index contributed by atoms with van der Waals surface area (Å²) < 4.78 is 10.5. The van der Waals surface area contributed by atoms with Crippen molar-refractivity contribution < 1.29 is 18.7 Å². The van der Waals surface area contributed by atoms with E-state index in [1.807, 2.05) is 36.4 Å². The minimum absolute atomic E-state index is 0.0346. The molecule has 1 aromatic carbocycles. The maximum Gasteiger partial charge on any atom is 0.242 e. The van der Waals surface area contributed by atoms with Gasteiger partial charge in [-0.15, -0.1) is 11.6 Å². The number of hydrogen-bond acceptors (Lipinski definition) is 4.